The molecule has 0 unspecified atom stereocenters. The van der Waals surface area contributed by atoms with Gasteiger partial charge in [0.05, 0.1) is 0 Å². The number of pyridine rings is 1. The van der Waals surface area contributed by atoms with Crippen molar-refractivity contribution in [3.05, 3.63) is 29.6 Å². The summed E-state index contributed by atoms with van der Waals surface area (Å²) in [5.74, 6) is 0.957. The van der Waals surface area contributed by atoms with E-state index >= 15 is 0 Å². The fraction of sp³-hybridized carbons (Fsp3) is 0.545. The van der Waals surface area contributed by atoms with Crippen LogP contribution in [0.1, 0.15) is 24.1 Å². The summed E-state index contributed by atoms with van der Waals surface area (Å²) in [7, 11) is 0. The molecule has 0 aliphatic heterocycles. The molecule has 2 nitrogen and oxygen atoms in total. The minimum absolute atomic E-state index is 0.957. The van der Waals surface area contributed by atoms with E-state index in [1.807, 2.05) is 13.1 Å². The number of nitrogens with zero attached hydrogens (tertiary/aromatic N) is 1. The molecule has 2 rings (SSSR count). The Balaban J connectivity index is 1.76. The maximum absolute atomic E-state index is 4.25. The molecule has 2 heteroatoms. The van der Waals surface area contributed by atoms with E-state index < -0.39 is 0 Å². The minimum Gasteiger partial charge on any atom is -0.312 e. The third kappa shape index (κ3) is 2.81. The van der Waals surface area contributed by atoms with E-state index in [4.69, 9.17) is 0 Å². The lowest BCUT2D eigenvalue weighted by Crippen LogP contribution is -2.16. The molecule has 1 fully saturated rings. The largest absolute Gasteiger partial charge is 0.312 e. The lowest BCUT2D eigenvalue weighted by molar-refractivity contribution is 0.637. The molecule has 0 saturated heterocycles. The smallest absolute Gasteiger partial charge is 0.0372 e. The highest BCUT2D eigenvalue weighted by Crippen LogP contribution is 2.27. The van der Waals surface area contributed by atoms with Crippen LogP contribution >= 0.6 is 0 Å². The molecule has 1 aliphatic rings. The second-order valence-corrected chi connectivity index (χ2v) is 3.88. The Labute approximate surface area is 79.4 Å². The van der Waals surface area contributed by atoms with Gasteiger partial charge in [-0.25, -0.2) is 0 Å². The van der Waals surface area contributed by atoms with Gasteiger partial charge < -0.3 is 5.32 Å². The van der Waals surface area contributed by atoms with Gasteiger partial charge in [-0.15, -0.1) is 0 Å². The normalized spacial score (nSPS) is 16.1. The summed E-state index contributed by atoms with van der Waals surface area (Å²) in [6, 6.07) is 4.20. The van der Waals surface area contributed by atoms with Crippen LogP contribution in [0.3, 0.4) is 0 Å². The van der Waals surface area contributed by atoms with Gasteiger partial charge in [-0.05, 0) is 43.9 Å². The average molecular weight is 176 g/mol. The Kier molecular flexibility index (Phi) is 2.60. The monoisotopic (exact) mass is 176 g/mol. The van der Waals surface area contributed by atoms with Crippen molar-refractivity contribution in [3.63, 3.8) is 0 Å². The van der Waals surface area contributed by atoms with E-state index in [0.29, 0.717) is 0 Å². The zero-order valence-electron chi connectivity index (χ0n) is 8.09. The number of hydrogen-bond acceptors (Lipinski definition) is 2. The molecular formula is C11H16N2. The number of rotatable bonds is 4. The van der Waals surface area contributed by atoms with Crippen LogP contribution in [0.25, 0.3) is 0 Å². The van der Waals surface area contributed by atoms with Crippen LogP contribution in [-0.4, -0.2) is 11.5 Å². The van der Waals surface area contributed by atoms with Gasteiger partial charge in [0.25, 0.3) is 0 Å². The fourth-order valence-electron chi connectivity index (χ4n) is 1.35. The van der Waals surface area contributed by atoms with E-state index in [9.17, 15) is 0 Å². The molecule has 1 heterocycles. The Morgan fingerprint density at radius 3 is 2.92 bits per heavy atom. The Morgan fingerprint density at radius 2 is 2.31 bits per heavy atom. The first-order valence-corrected chi connectivity index (χ1v) is 4.97. The molecule has 0 atom stereocenters. The van der Waals surface area contributed by atoms with Crippen molar-refractivity contribution in [2.75, 3.05) is 6.54 Å². The molecule has 1 N–H and O–H groups in total. The molecule has 1 saturated carbocycles. The molecule has 1 aromatic rings. The summed E-state index contributed by atoms with van der Waals surface area (Å²) in [6.45, 7) is 4.15. The first-order chi connectivity index (χ1) is 6.34. The van der Waals surface area contributed by atoms with E-state index in [1.165, 1.54) is 24.9 Å². The Hall–Kier alpha value is -0.890. The molecule has 1 aromatic heterocycles. The molecular weight excluding hydrogens is 160 g/mol. The van der Waals surface area contributed by atoms with Crippen molar-refractivity contribution in [1.82, 2.24) is 10.3 Å². The maximum atomic E-state index is 4.25. The molecule has 13 heavy (non-hydrogen) atoms. The van der Waals surface area contributed by atoms with Crippen molar-refractivity contribution < 1.29 is 0 Å². The second-order valence-electron chi connectivity index (χ2n) is 3.88. The molecule has 0 bridgehead atoms. The molecule has 70 valence electrons. The van der Waals surface area contributed by atoms with E-state index in [1.54, 1.807) is 0 Å². The van der Waals surface area contributed by atoms with Gasteiger partial charge >= 0.3 is 0 Å². The predicted octanol–water partition coefficient (Wildman–Crippen LogP) is 1.89. The fourth-order valence-corrected chi connectivity index (χ4v) is 1.35. The minimum atomic E-state index is 0.957. The van der Waals surface area contributed by atoms with Crippen LogP contribution in [-0.2, 0) is 6.54 Å². The highest BCUT2D eigenvalue weighted by molar-refractivity contribution is 5.12. The van der Waals surface area contributed by atoms with Gasteiger partial charge in [0.15, 0.2) is 0 Å². The highest BCUT2D eigenvalue weighted by Gasteiger charge is 2.19. The summed E-state index contributed by atoms with van der Waals surface area (Å²) >= 11 is 0. The molecule has 0 spiro atoms. The van der Waals surface area contributed by atoms with E-state index in [0.717, 1.165) is 18.2 Å². The zero-order chi connectivity index (χ0) is 9.10. The highest BCUT2D eigenvalue weighted by atomic mass is 14.9. The van der Waals surface area contributed by atoms with Crippen molar-refractivity contribution in [1.29, 1.82) is 0 Å². The number of aryl methyl sites for hydroxylation is 1. The lowest BCUT2D eigenvalue weighted by Gasteiger charge is -2.03. The predicted molar refractivity (Wildman–Crippen MR) is 53.4 cm³/mol. The van der Waals surface area contributed by atoms with E-state index in [2.05, 4.69) is 22.4 Å². The van der Waals surface area contributed by atoms with Gasteiger partial charge in [-0.3, -0.25) is 4.98 Å². The first-order valence-electron chi connectivity index (χ1n) is 4.97. The maximum Gasteiger partial charge on any atom is 0.0372 e. The lowest BCUT2D eigenvalue weighted by atomic mass is 10.2. The average Bonchev–Trinajstić information content (AvgIpc) is 2.92. The van der Waals surface area contributed by atoms with Crippen LogP contribution in [0.2, 0.25) is 0 Å². The third-order valence-corrected chi connectivity index (χ3v) is 2.43. The second kappa shape index (κ2) is 3.88. The summed E-state index contributed by atoms with van der Waals surface area (Å²) in [5.41, 5.74) is 2.37. The Bertz CT molecular complexity index is 262. The van der Waals surface area contributed by atoms with Crippen LogP contribution in [0.4, 0.5) is 0 Å². The van der Waals surface area contributed by atoms with Gasteiger partial charge in [-0.2, -0.15) is 0 Å². The van der Waals surface area contributed by atoms with Gasteiger partial charge in [-0.1, -0.05) is 6.07 Å². The van der Waals surface area contributed by atoms with Crippen molar-refractivity contribution >= 4 is 0 Å². The summed E-state index contributed by atoms with van der Waals surface area (Å²) in [4.78, 5) is 4.25. The van der Waals surface area contributed by atoms with Gasteiger partial charge in [0, 0.05) is 18.4 Å². The van der Waals surface area contributed by atoms with Gasteiger partial charge in [0.1, 0.15) is 0 Å². The van der Waals surface area contributed by atoms with Crippen molar-refractivity contribution in [2.24, 2.45) is 5.92 Å². The topological polar surface area (TPSA) is 24.9 Å². The van der Waals surface area contributed by atoms with E-state index in [-0.39, 0.29) is 0 Å². The Morgan fingerprint density at radius 1 is 1.46 bits per heavy atom. The van der Waals surface area contributed by atoms with Crippen LogP contribution in [0, 0.1) is 12.8 Å². The summed E-state index contributed by atoms with van der Waals surface area (Å²) in [6.07, 6.45) is 4.79. The molecule has 1 aliphatic carbocycles. The number of aromatic nitrogens is 1. The number of hydrogen-bond donors (Lipinski definition) is 1. The standard InChI is InChI=1S/C11H16N2/c1-9-2-3-11(8-13-9)7-12-6-10-4-5-10/h2-3,8,10,12H,4-7H2,1H3. The number of nitrogens with one attached hydrogen (secondary N) is 1. The molecule has 0 aromatic carbocycles. The van der Waals surface area contributed by atoms with Crippen LogP contribution < -0.4 is 5.32 Å². The zero-order valence-corrected chi connectivity index (χ0v) is 8.09. The van der Waals surface area contributed by atoms with Gasteiger partial charge in [0.2, 0.25) is 0 Å². The van der Waals surface area contributed by atoms with Crippen LogP contribution in [0.15, 0.2) is 18.3 Å². The quantitative estimate of drug-likeness (QED) is 0.757. The summed E-state index contributed by atoms with van der Waals surface area (Å²) in [5, 5.41) is 3.44. The SMILES string of the molecule is Cc1ccc(CNCC2CC2)cn1. The van der Waals surface area contributed by atoms with Crippen molar-refractivity contribution in [3.8, 4) is 0 Å². The van der Waals surface area contributed by atoms with Crippen LogP contribution in [0.5, 0.6) is 0 Å². The molecule has 0 radical (unpaired) electrons. The van der Waals surface area contributed by atoms with Crippen molar-refractivity contribution in [2.45, 2.75) is 26.3 Å². The molecule has 0 amide bonds. The third-order valence-electron chi connectivity index (χ3n) is 2.43. The first kappa shape index (κ1) is 8.70. The summed E-state index contributed by atoms with van der Waals surface area (Å²) < 4.78 is 0.